The van der Waals surface area contributed by atoms with Crippen LogP contribution in [0.3, 0.4) is 0 Å². The number of carbonyl (C=O) groups excluding carboxylic acids is 2. The van der Waals surface area contributed by atoms with Gasteiger partial charge in [-0.05, 0) is 81.1 Å². The average molecular weight is 455 g/mol. The van der Waals surface area contributed by atoms with Gasteiger partial charge >= 0.3 is 5.69 Å². The number of nitrogens with zero attached hydrogens (tertiary/aromatic N) is 1. The molecule has 6 atom stereocenters. The van der Waals surface area contributed by atoms with Crippen LogP contribution in [-0.2, 0) is 16.1 Å². The maximum absolute atomic E-state index is 13.5. The maximum Gasteiger partial charge on any atom is 0.328 e. The monoisotopic (exact) mass is 454 g/mol. The highest BCUT2D eigenvalue weighted by molar-refractivity contribution is 5.91. The third-order valence-electron chi connectivity index (χ3n) is 10.1. The van der Waals surface area contributed by atoms with E-state index in [0.29, 0.717) is 30.2 Å². The molecule has 0 aromatic carbocycles. The molecule has 3 saturated carbocycles. The Balaban J connectivity index is 1.44. The highest BCUT2D eigenvalue weighted by atomic mass is 16.3. The molecular formula is C26H34N2O5. The fourth-order valence-electron chi connectivity index (χ4n) is 8.07. The van der Waals surface area contributed by atoms with Gasteiger partial charge in [0.25, 0.3) is 5.56 Å². The van der Waals surface area contributed by atoms with E-state index in [-0.39, 0.29) is 17.1 Å². The van der Waals surface area contributed by atoms with E-state index < -0.39 is 34.6 Å². The summed E-state index contributed by atoms with van der Waals surface area (Å²) < 4.78 is 0.912. The molecule has 2 N–H and O–H groups in total. The van der Waals surface area contributed by atoms with Crippen molar-refractivity contribution in [2.45, 2.75) is 84.3 Å². The molecule has 4 aliphatic carbocycles. The molecule has 1 aromatic heterocycles. The molecule has 0 radical (unpaired) electrons. The van der Waals surface area contributed by atoms with Crippen LogP contribution < -0.4 is 11.2 Å². The minimum absolute atomic E-state index is 0.0328. The highest BCUT2D eigenvalue weighted by Gasteiger charge is 2.66. The van der Waals surface area contributed by atoms with Gasteiger partial charge in [0.1, 0.15) is 5.60 Å². The second-order valence-electron chi connectivity index (χ2n) is 11.4. The normalized spacial score (nSPS) is 39.9. The molecule has 7 nitrogen and oxygen atoms in total. The van der Waals surface area contributed by atoms with Crippen molar-refractivity contribution in [3.05, 3.63) is 44.2 Å². The van der Waals surface area contributed by atoms with Gasteiger partial charge in [-0.15, -0.1) is 0 Å². The van der Waals surface area contributed by atoms with Crippen LogP contribution in [0.25, 0.3) is 0 Å². The number of H-pyrrole nitrogens is 1. The lowest BCUT2D eigenvalue weighted by Crippen LogP contribution is -2.58. The number of aliphatic hydroxyl groups is 1. The van der Waals surface area contributed by atoms with Crippen LogP contribution >= 0.6 is 0 Å². The first-order chi connectivity index (χ1) is 15.5. The van der Waals surface area contributed by atoms with Crippen LogP contribution in [0.4, 0.5) is 0 Å². The first-order valence-corrected chi connectivity index (χ1v) is 12.3. The van der Waals surface area contributed by atoms with E-state index in [4.69, 9.17) is 0 Å². The summed E-state index contributed by atoms with van der Waals surface area (Å²) in [7, 11) is 0. The summed E-state index contributed by atoms with van der Waals surface area (Å²) in [5.74, 6) is 0.891. The van der Waals surface area contributed by atoms with Crippen molar-refractivity contribution in [2.24, 2.45) is 28.6 Å². The average Bonchev–Trinajstić information content (AvgIpc) is 3.06. The maximum atomic E-state index is 13.5. The minimum Gasteiger partial charge on any atom is -0.381 e. The van der Waals surface area contributed by atoms with Crippen molar-refractivity contribution in [1.82, 2.24) is 9.55 Å². The fourth-order valence-corrected chi connectivity index (χ4v) is 8.07. The first-order valence-electron chi connectivity index (χ1n) is 12.3. The lowest BCUT2D eigenvalue weighted by molar-refractivity contribution is -0.163. The minimum atomic E-state index is -1.54. The number of fused-ring (bicyclic) bond motifs is 5. The quantitative estimate of drug-likeness (QED) is 0.730. The predicted octanol–water partition coefficient (Wildman–Crippen LogP) is 2.68. The number of aryl methyl sites for hydroxylation is 1. The molecule has 7 heteroatoms. The van der Waals surface area contributed by atoms with Gasteiger partial charge in [-0.2, -0.15) is 0 Å². The number of aromatic amines is 1. The summed E-state index contributed by atoms with van der Waals surface area (Å²) in [5, 5.41) is 11.8. The molecule has 6 unspecified atom stereocenters. The van der Waals surface area contributed by atoms with Gasteiger partial charge in [0.05, 0.1) is 6.54 Å². The lowest BCUT2D eigenvalue weighted by Gasteiger charge is -2.58. The number of ketones is 2. The zero-order valence-electron chi connectivity index (χ0n) is 19.8. The van der Waals surface area contributed by atoms with E-state index in [1.54, 1.807) is 6.92 Å². The molecule has 5 rings (SSSR count). The van der Waals surface area contributed by atoms with Crippen molar-refractivity contribution in [1.29, 1.82) is 0 Å². The van der Waals surface area contributed by atoms with Crippen molar-refractivity contribution in [3.63, 3.8) is 0 Å². The van der Waals surface area contributed by atoms with E-state index in [9.17, 15) is 24.3 Å². The van der Waals surface area contributed by atoms with Crippen LogP contribution in [0.5, 0.6) is 0 Å². The van der Waals surface area contributed by atoms with Gasteiger partial charge in [0.15, 0.2) is 11.6 Å². The number of aromatic nitrogens is 2. The Morgan fingerprint density at radius 2 is 1.82 bits per heavy atom. The Hall–Kier alpha value is -2.28. The Labute approximate surface area is 193 Å². The number of carbonyl (C=O) groups is 2. The van der Waals surface area contributed by atoms with Gasteiger partial charge in [0.2, 0.25) is 0 Å². The second-order valence-corrected chi connectivity index (χ2v) is 11.4. The Kier molecular flexibility index (Phi) is 5.02. The van der Waals surface area contributed by atoms with Crippen LogP contribution in [0.1, 0.15) is 70.8 Å². The predicted molar refractivity (Wildman–Crippen MR) is 123 cm³/mol. The molecule has 1 aromatic rings. The van der Waals surface area contributed by atoms with Crippen LogP contribution in [0.15, 0.2) is 27.4 Å². The first kappa shape index (κ1) is 22.5. The Morgan fingerprint density at radius 1 is 1.09 bits per heavy atom. The summed E-state index contributed by atoms with van der Waals surface area (Å²) in [6, 6.07) is 0. The van der Waals surface area contributed by atoms with Crippen LogP contribution in [-0.4, -0.2) is 31.8 Å². The molecule has 33 heavy (non-hydrogen) atoms. The number of hydrogen-bond donors (Lipinski definition) is 2. The summed E-state index contributed by atoms with van der Waals surface area (Å²) >= 11 is 0. The molecule has 1 heterocycles. The summed E-state index contributed by atoms with van der Waals surface area (Å²) in [6.45, 7) is 5.54. The molecule has 0 spiro atoms. The smallest absolute Gasteiger partial charge is 0.328 e. The largest absolute Gasteiger partial charge is 0.381 e. The van der Waals surface area contributed by atoms with Gasteiger partial charge in [-0.25, -0.2) is 4.79 Å². The van der Waals surface area contributed by atoms with Crippen molar-refractivity contribution in [3.8, 4) is 0 Å². The zero-order valence-corrected chi connectivity index (χ0v) is 19.8. The van der Waals surface area contributed by atoms with Crippen molar-refractivity contribution < 1.29 is 14.7 Å². The number of allylic oxidation sites excluding steroid dienone is 1. The Bertz CT molecular complexity index is 1180. The summed E-state index contributed by atoms with van der Waals surface area (Å²) in [5.41, 5.74) is -1.56. The van der Waals surface area contributed by atoms with E-state index in [1.807, 2.05) is 13.0 Å². The lowest BCUT2D eigenvalue weighted by atomic mass is 9.46. The topological polar surface area (TPSA) is 109 Å². The highest BCUT2D eigenvalue weighted by Crippen LogP contribution is 2.67. The molecule has 4 aliphatic rings. The molecule has 0 bridgehead atoms. The van der Waals surface area contributed by atoms with Crippen LogP contribution in [0, 0.1) is 35.5 Å². The SMILES string of the molecule is Cc1c[nH]c(=O)n(CC(=O)C2(O)CCC3C4CCC5=CC(=O)CCC5(C)C4CCC32C)c1=O. The summed E-state index contributed by atoms with van der Waals surface area (Å²) in [6.07, 6.45) is 9.42. The number of Topliss-reactive ketones (excluding diaryl/α,β-unsaturated/α-hetero) is 1. The molecule has 0 amide bonds. The molecule has 0 saturated heterocycles. The van der Waals surface area contributed by atoms with E-state index in [0.717, 1.165) is 43.1 Å². The van der Waals surface area contributed by atoms with E-state index >= 15 is 0 Å². The van der Waals surface area contributed by atoms with Gasteiger partial charge in [0, 0.05) is 23.6 Å². The fraction of sp³-hybridized carbons (Fsp3) is 0.692. The van der Waals surface area contributed by atoms with E-state index in [2.05, 4.69) is 11.9 Å². The number of hydrogen-bond acceptors (Lipinski definition) is 5. The Morgan fingerprint density at radius 3 is 2.58 bits per heavy atom. The zero-order chi connectivity index (χ0) is 23.8. The third-order valence-corrected chi connectivity index (χ3v) is 10.1. The summed E-state index contributed by atoms with van der Waals surface area (Å²) in [4.78, 5) is 52.7. The van der Waals surface area contributed by atoms with Gasteiger partial charge in [-0.1, -0.05) is 19.4 Å². The standard InChI is InChI=1S/C26H34N2O5/c1-15-13-27-23(32)28(22(15)31)14-21(30)26(33)11-8-20-18-5-4-16-12-17(29)6-9-24(16,2)19(18)7-10-25(20,26)3/h12-13,18-20,33H,4-11,14H2,1-3H3,(H,27,32). The molecular weight excluding hydrogens is 420 g/mol. The van der Waals surface area contributed by atoms with Gasteiger partial charge < -0.3 is 10.1 Å². The molecule has 178 valence electrons. The number of rotatable bonds is 3. The van der Waals surface area contributed by atoms with Crippen molar-refractivity contribution in [2.75, 3.05) is 0 Å². The number of nitrogens with one attached hydrogen (secondary N) is 1. The second kappa shape index (κ2) is 7.36. The van der Waals surface area contributed by atoms with E-state index in [1.165, 1.54) is 11.8 Å². The molecule has 0 aliphatic heterocycles. The third kappa shape index (κ3) is 3.04. The van der Waals surface area contributed by atoms with Crippen molar-refractivity contribution >= 4 is 11.6 Å². The van der Waals surface area contributed by atoms with Crippen LogP contribution in [0.2, 0.25) is 0 Å². The van der Waals surface area contributed by atoms with Gasteiger partial charge in [-0.3, -0.25) is 19.0 Å². The molecule has 3 fully saturated rings.